The molecular weight excluding hydrogens is 415 g/mol. The Morgan fingerprint density at radius 3 is 2.54 bits per heavy atom. The van der Waals surface area contributed by atoms with Gasteiger partial charge in [0.15, 0.2) is 0 Å². The number of rotatable bonds is 3. The maximum absolute atomic E-state index is 5.25. The van der Waals surface area contributed by atoms with E-state index < -0.39 is 0 Å². The third-order valence-corrected chi connectivity index (χ3v) is 4.74. The molecule has 0 aliphatic carbocycles. The van der Waals surface area contributed by atoms with Crippen LogP contribution in [0.1, 0.15) is 17.2 Å². The van der Waals surface area contributed by atoms with Crippen molar-refractivity contribution >= 4 is 34.2 Å². The lowest BCUT2D eigenvalue weighted by atomic mass is 10.0. The van der Waals surface area contributed by atoms with Gasteiger partial charge < -0.3 is 10.1 Å². The fraction of sp³-hybridized carbons (Fsp3) is 0.111. The number of allylic oxidation sites excluding steroid dienone is 1. The summed E-state index contributed by atoms with van der Waals surface area (Å²) in [5, 5.41) is 7.72. The molecular formula is C18H15IN4O. The molecule has 0 saturated carbocycles. The maximum Gasteiger partial charge on any atom is 0.226 e. The van der Waals surface area contributed by atoms with Crippen LogP contribution in [0, 0.1) is 3.57 Å². The number of hydrogen-bond acceptors (Lipinski definition) is 4. The third-order valence-electron chi connectivity index (χ3n) is 4.02. The molecule has 1 atom stereocenters. The minimum atomic E-state index is -0.0102. The standard InChI is InChI=1S/C18H15IN4O/c1-24-15-8-4-13(5-9-15)17-10-16(12-2-6-14(19)7-3-12)22-18-20-11-21-23(17)18/h2-11,17H,1H3,(H,20,21,22)/t17-/m1/s1. The average molecular weight is 430 g/mol. The molecule has 0 unspecified atom stereocenters. The summed E-state index contributed by atoms with van der Waals surface area (Å²) < 4.78 is 8.35. The summed E-state index contributed by atoms with van der Waals surface area (Å²) in [6, 6.07) is 16.4. The zero-order chi connectivity index (χ0) is 16.5. The molecule has 1 N–H and O–H groups in total. The van der Waals surface area contributed by atoms with Gasteiger partial charge in [0.2, 0.25) is 5.95 Å². The average Bonchev–Trinajstić information content (AvgIpc) is 3.10. The number of anilines is 1. The predicted octanol–water partition coefficient (Wildman–Crippen LogP) is 3.95. The number of aromatic nitrogens is 3. The van der Waals surface area contributed by atoms with Crippen LogP contribution in [-0.4, -0.2) is 21.9 Å². The monoisotopic (exact) mass is 430 g/mol. The Morgan fingerprint density at radius 1 is 1.08 bits per heavy atom. The Kier molecular flexibility index (Phi) is 3.97. The second kappa shape index (κ2) is 6.27. The van der Waals surface area contributed by atoms with Gasteiger partial charge in [-0.05, 0) is 64.1 Å². The Bertz CT molecular complexity index is 884. The van der Waals surface area contributed by atoms with E-state index in [-0.39, 0.29) is 6.04 Å². The molecule has 24 heavy (non-hydrogen) atoms. The van der Waals surface area contributed by atoms with Crippen molar-refractivity contribution in [2.45, 2.75) is 6.04 Å². The first-order valence-electron chi connectivity index (χ1n) is 7.53. The molecule has 0 spiro atoms. The van der Waals surface area contributed by atoms with Crippen LogP contribution in [0.3, 0.4) is 0 Å². The van der Waals surface area contributed by atoms with E-state index in [1.54, 1.807) is 13.4 Å². The number of benzene rings is 2. The summed E-state index contributed by atoms with van der Waals surface area (Å²) in [5.74, 6) is 1.58. The minimum absolute atomic E-state index is 0.0102. The summed E-state index contributed by atoms with van der Waals surface area (Å²) in [6.45, 7) is 0. The van der Waals surface area contributed by atoms with Gasteiger partial charge in [0, 0.05) is 9.27 Å². The van der Waals surface area contributed by atoms with Crippen LogP contribution in [0.15, 0.2) is 60.9 Å². The lowest BCUT2D eigenvalue weighted by molar-refractivity contribution is 0.414. The Labute approximate surface area is 153 Å². The molecule has 1 aliphatic rings. The summed E-state index contributed by atoms with van der Waals surface area (Å²) >= 11 is 2.31. The van der Waals surface area contributed by atoms with Crippen molar-refractivity contribution in [3.63, 3.8) is 0 Å². The number of methoxy groups -OCH3 is 1. The van der Waals surface area contributed by atoms with Crippen molar-refractivity contribution < 1.29 is 4.74 Å². The van der Waals surface area contributed by atoms with Crippen LogP contribution in [-0.2, 0) is 0 Å². The highest BCUT2D eigenvalue weighted by Gasteiger charge is 2.23. The van der Waals surface area contributed by atoms with Gasteiger partial charge in [-0.25, -0.2) is 4.68 Å². The molecule has 0 saturated heterocycles. The molecule has 2 aromatic carbocycles. The fourth-order valence-corrected chi connectivity index (χ4v) is 3.13. The topological polar surface area (TPSA) is 52.0 Å². The smallest absolute Gasteiger partial charge is 0.226 e. The van der Waals surface area contributed by atoms with Gasteiger partial charge in [0.05, 0.1) is 7.11 Å². The lowest BCUT2D eigenvalue weighted by Gasteiger charge is -2.24. The Morgan fingerprint density at radius 2 is 1.83 bits per heavy atom. The lowest BCUT2D eigenvalue weighted by Crippen LogP contribution is -2.20. The highest BCUT2D eigenvalue weighted by Crippen LogP contribution is 2.32. The zero-order valence-electron chi connectivity index (χ0n) is 13.0. The van der Waals surface area contributed by atoms with Crippen LogP contribution in [0.5, 0.6) is 5.75 Å². The molecule has 120 valence electrons. The van der Waals surface area contributed by atoms with E-state index in [1.165, 1.54) is 3.57 Å². The number of ether oxygens (including phenoxy) is 1. The SMILES string of the molecule is COc1ccc([C@H]2C=C(c3ccc(I)cc3)Nc3ncnn32)cc1. The number of nitrogens with one attached hydrogen (secondary N) is 1. The first-order valence-corrected chi connectivity index (χ1v) is 8.61. The van der Waals surface area contributed by atoms with Crippen LogP contribution in [0.2, 0.25) is 0 Å². The number of fused-ring (bicyclic) bond motifs is 1. The summed E-state index contributed by atoms with van der Waals surface area (Å²) in [7, 11) is 1.67. The number of halogens is 1. The zero-order valence-corrected chi connectivity index (χ0v) is 15.1. The van der Waals surface area contributed by atoms with Crippen LogP contribution < -0.4 is 10.1 Å². The molecule has 6 heteroatoms. The molecule has 0 fully saturated rings. The molecule has 0 bridgehead atoms. The van der Waals surface area contributed by atoms with E-state index in [1.807, 2.05) is 16.8 Å². The van der Waals surface area contributed by atoms with Crippen LogP contribution in [0.25, 0.3) is 5.70 Å². The van der Waals surface area contributed by atoms with Crippen molar-refractivity contribution in [1.29, 1.82) is 0 Å². The molecule has 3 aromatic rings. The normalized spacial score (nSPS) is 16.1. The van der Waals surface area contributed by atoms with Gasteiger partial charge in [-0.2, -0.15) is 10.1 Å². The molecule has 5 nitrogen and oxygen atoms in total. The van der Waals surface area contributed by atoms with Crippen molar-refractivity contribution in [1.82, 2.24) is 14.8 Å². The number of nitrogens with zero attached hydrogens (tertiary/aromatic N) is 3. The van der Waals surface area contributed by atoms with E-state index in [2.05, 4.69) is 80.5 Å². The van der Waals surface area contributed by atoms with E-state index in [0.717, 1.165) is 28.5 Å². The second-order valence-electron chi connectivity index (χ2n) is 5.46. The van der Waals surface area contributed by atoms with Crippen molar-refractivity contribution in [2.75, 3.05) is 12.4 Å². The van der Waals surface area contributed by atoms with Crippen molar-refractivity contribution in [3.8, 4) is 5.75 Å². The highest BCUT2D eigenvalue weighted by molar-refractivity contribution is 14.1. The van der Waals surface area contributed by atoms with Crippen LogP contribution in [0.4, 0.5) is 5.95 Å². The molecule has 1 aliphatic heterocycles. The fourth-order valence-electron chi connectivity index (χ4n) is 2.77. The van der Waals surface area contributed by atoms with Gasteiger partial charge in [0.25, 0.3) is 0 Å². The van der Waals surface area contributed by atoms with Crippen molar-refractivity contribution in [3.05, 3.63) is 75.6 Å². The van der Waals surface area contributed by atoms with Crippen LogP contribution >= 0.6 is 22.6 Å². The van der Waals surface area contributed by atoms with Gasteiger partial charge in [-0.15, -0.1) is 0 Å². The molecule has 2 heterocycles. The predicted molar refractivity (Wildman–Crippen MR) is 102 cm³/mol. The number of hydrogen-bond donors (Lipinski definition) is 1. The highest BCUT2D eigenvalue weighted by atomic mass is 127. The van der Waals surface area contributed by atoms with Gasteiger partial charge in [-0.1, -0.05) is 24.3 Å². The summed E-state index contributed by atoms with van der Waals surface area (Å²) in [4.78, 5) is 4.33. The molecule has 4 rings (SSSR count). The third kappa shape index (κ3) is 2.77. The van der Waals surface area contributed by atoms with E-state index >= 15 is 0 Å². The Hall–Kier alpha value is -2.35. The van der Waals surface area contributed by atoms with Gasteiger partial charge in [-0.3, -0.25) is 0 Å². The first-order chi connectivity index (χ1) is 11.7. The van der Waals surface area contributed by atoms with E-state index in [0.29, 0.717) is 0 Å². The molecule has 0 amide bonds. The van der Waals surface area contributed by atoms with Crippen molar-refractivity contribution in [2.24, 2.45) is 0 Å². The van der Waals surface area contributed by atoms with E-state index in [9.17, 15) is 0 Å². The summed E-state index contributed by atoms with van der Waals surface area (Å²) in [5.41, 5.74) is 3.29. The molecule has 1 aromatic heterocycles. The summed E-state index contributed by atoms with van der Waals surface area (Å²) in [6.07, 6.45) is 3.75. The van der Waals surface area contributed by atoms with Gasteiger partial charge >= 0.3 is 0 Å². The Balaban J connectivity index is 1.77. The van der Waals surface area contributed by atoms with E-state index in [4.69, 9.17) is 4.74 Å². The first kappa shape index (κ1) is 15.2. The minimum Gasteiger partial charge on any atom is -0.497 e. The molecule has 0 radical (unpaired) electrons. The maximum atomic E-state index is 5.25. The van der Waals surface area contributed by atoms with Gasteiger partial charge in [0.1, 0.15) is 18.1 Å². The second-order valence-corrected chi connectivity index (χ2v) is 6.70. The largest absolute Gasteiger partial charge is 0.497 e. The quantitative estimate of drug-likeness (QED) is 0.640.